The summed E-state index contributed by atoms with van der Waals surface area (Å²) in [4.78, 5) is 13.1. The SMILES string of the molecule is I.NC(=NCc1ccc(Cl)cn1)N1CCN(c2ccc(Cl)cc2)CC1. The van der Waals surface area contributed by atoms with E-state index in [-0.39, 0.29) is 24.0 Å². The van der Waals surface area contributed by atoms with Crippen LogP contribution >= 0.6 is 47.2 Å². The highest BCUT2D eigenvalue weighted by Crippen LogP contribution is 2.19. The van der Waals surface area contributed by atoms with Gasteiger partial charge in [-0.05, 0) is 36.4 Å². The highest BCUT2D eigenvalue weighted by Gasteiger charge is 2.18. The second-order valence-electron chi connectivity index (χ2n) is 5.59. The molecule has 8 heteroatoms. The van der Waals surface area contributed by atoms with Crippen LogP contribution in [-0.4, -0.2) is 42.0 Å². The molecule has 1 saturated heterocycles. The lowest BCUT2D eigenvalue weighted by Gasteiger charge is -2.36. The Morgan fingerprint density at radius 2 is 1.64 bits per heavy atom. The molecule has 0 radical (unpaired) electrons. The van der Waals surface area contributed by atoms with Crippen LogP contribution in [0.25, 0.3) is 0 Å². The molecule has 2 heterocycles. The first-order chi connectivity index (χ1) is 11.6. The second-order valence-corrected chi connectivity index (χ2v) is 6.47. The summed E-state index contributed by atoms with van der Waals surface area (Å²) in [6.45, 7) is 3.94. The van der Waals surface area contributed by atoms with E-state index in [2.05, 4.69) is 19.8 Å². The van der Waals surface area contributed by atoms with E-state index in [0.29, 0.717) is 17.5 Å². The van der Waals surface area contributed by atoms with Crippen molar-refractivity contribution in [2.24, 2.45) is 10.7 Å². The summed E-state index contributed by atoms with van der Waals surface area (Å²) in [5, 5.41) is 1.37. The molecule has 134 valence electrons. The minimum atomic E-state index is 0. The van der Waals surface area contributed by atoms with Gasteiger partial charge in [0, 0.05) is 43.1 Å². The molecule has 2 aromatic rings. The molecule has 1 fully saturated rings. The van der Waals surface area contributed by atoms with Gasteiger partial charge in [0.1, 0.15) is 0 Å². The summed E-state index contributed by atoms with van der Waals surface area (Å²) in [5.41, 5.74) is 8.15. The lowest BCUT2D eigenvalue weighted by molar-refractivity contribution is 0.380. The Morgan fingerprint density at radius 3 is 2.24 bits per heavy atom. The van der Waals surface area contributed by atoms with Gasteiger partial charge in [-0.3, -0.25) is 4.98 Å². The molecule has 2 N–H and O–H groups in total. The van der Waals surface area contributed by atoms with Crippen LogP contribution in [0.4, 0.5) is 5.69 Å². The maximum absolute atomic E-state index is 6.12. The standard InChI is InChI=1S/C17H19Cl2N5.HI/c18-13-2-5-16(6-3-13)23-7-9-24(10-8-23)17(20)22-12-15-4-1-14(19)11-21-15;/h1-6,11H,7-10,12H2,(H2,20,22);1H. The second kappa shape index (κ2) is 9.45. The number of hydrogen-bond acceptors (Lipinski definition) is 3. The quantitative estimate of drug-likeness (QED) is 0.404. The van der Waals surface area contributed by atoms with Gasteiger partial charge in [-0.15, -0.1) is 24.0 Å². The van der Waals surface area contributed by atoms with Gasteiger partial charge in [-0.2, -0.15) is 0 Å². The summed E-state index contributed by atoms with van der Waals surface area (Å²) in [6.07, 6.45) is 1.62. The number of rotatable bonds is 3. The Hall–Kier alpha value is -1.25. The van der Waals surface area contributed by atoms with Crippen molar-refractivity contribution < 1.29 is 0 Å². The summed E-state index contributed by atoms with van der Waals surface area (Å²) in [7, 11) is 0. The number of aliphatic imine (C=N–C) groups is 1. The molecule has 1 aromatic carbocycles. The summed E-state index contributed by atoms with van der Waals surface area (Å²) < 4.78 is 0. The maximum Gasteiger partial charge on any atom is 0.191 e. The number of guanidine groups is 1. The first kappa shape index (κ1) is 20.1. The first-order valence-electron chi connectivity index (χ1n) is 7.77. The fourth-order valence-electron chi connectivity index (χ4n) is 2.61. The first-order valence-corrected chi connectivity index (χ1v) is 8.53. The zero-order valence-electron chi connectivity index (χ0n) is 13.6. The molecular weight excluding hydrogens is 472 g/mol. The topological polar surface area (TPSA) is 57.8 Å². The third kappa shape index (κ3) is 5.62. The van der Waals surface area contributed by atoms with Crippen LogP contribution < -0.4 is 10.6 Å². The van der Waals surface area contributed by atoms with Crippen molar-refractivity contribution in [2.45, 2.75) is 6.54 Å². The van der Waals surface area contributed by atoms with Gasteiger partial charge >= 0.3 is 0 Å². The predicted molar refractivity (Wildman–Crippen MR) is 115 cm³/mol. The third-order valence-electron chi connectivity index (χ3n) is 3.99. The van der Waals surface area contributed by atoms with Crippen LogP contribution in [-0.2, 0) is 6.54 Å². The number of aromatic nitrogens is 1. The van der Waals surface area contributed by atoms with Gasteiger partial charge in [0.25, 0.3) is 0 Å². The number of hydrogen-bond donors (Lipinski definition) is 1. The van der Waals surface area contributed by atoms with Crippen molar-refractivity contribution in [3.05, 3.63) is 58.3 Å². The van der Waals surface area contributed by atoms with Crippen LogP contribution in [0.5, 0.6) is 0 Å². The minimum Gasteiger partial charge on any atom is -0.370 e. The molecule has 1 aliphatic rings. The van der Waals surface area contributed by atoms with Gasteiger partial charge in [0.2, 0.25) is 0 Å². The van der Waals surface area contributed by atoms with Gasteiger partial charge in [-0.1, -0.05) is 23.2 Å². The van der Waals surface area contributed by atoms with E-state index in [4.69, 9.17) is 28.9 Å². The van der Waals surface area contributed by atoms with Crippen molar-refractivity contribution in [2.75, 3.05) is 31.1 Å². The summed E-state index contributed by atoms with van der Waals surface area (Å²) in [6, 6.07) is 11.6. The number of halogens is 3. The molecule has 0 amide bonds. The molecule has 0 saturated carbocycles. The average molecular weight is 492 g/mol. The molecule has 5 nitrogen and oxygen atoms in total. The maximum atomic E-state index is 6.12. The Morgan fingerprint density at radius 1 is 1.00 bits per heavy atom. The van der Waals surface area contributed by atoms with Gasteiger partial charge in [0.15, 0.2) is 5.96 Å². The van der Waals surface area contributed by atoms with Crippen LogP contribution in [0.3, 0.4) is 0 Å². The number of pyridine rings is 1. The third-order valence-corrected chi connectivity index (χ3v) is 4.46. The van der Waals surface area contributed by atoms with Crippen LogP contribution in [0.15, 0.2) is 47.6 Å². The lowest BCUT2D eigenvalue weighted by Crippen LogP contribution is -2.51. The predicted octanol–water partition coefficient (Wildman–Crippen LogP) is 3.64. The van der Waals surface area contributed by atoms with Crippen molar-refractivity contribution in [1.29, 1.82) is 0 Å². The van der Waals surface area contributed by atoms with E-state index < -0.39 is 0 Å². The highest BCUT2D eigenvalue weighted by molar-refractivity contribution is 14.0. The van der Waals surface area contributed by atoms with Crippen molar-refractivity contribution in [3.63, 3.8) is 0 Å². The van der Waals surface area contributed by atoms with Gasteiger partial charge < -0.3 is 15.5 Å². The fourth-order valence-corrected chi connectivity index (χ4v) is 2.85. The summed E-state index contributed by atoms with van der Waals surface area (Å²) in [5.74, 6) is 0.558. The zero-order valence-corrected chi connectivity index (χ0v) is 17.4. The molecular formula is C17H20Cl2IN5. The van der Waals surface area contributed by atoms with Crippen molar-refractivity contribution in [3.8, 4) is 0 Å². The number of benzene rings is 1. The number of nitrogens with zero attached hydrogens (tertiary/aromatic N) is 4. The van der Waals surface area contributed by atoms with Gasteiger partial charge in [0.05, 0.1) is 17.3 Å². The van der Waals surface area contributed by atoms with E-state index in [1.807, 2.05) is 30.3 Å². The van der Waals surface area contributed by atoms with Crippen LogP contribution in [0.1, 0.15) is 5.69 Å². The largest absolute Gasteiger partial charge is 0.370 e. The Kier molecular flexibility index (Phi) is 7.58. The van der Waals surface area contributed by atoms with E-state index in [9.17, 15) is 0 Å². The number of piperazine rings is 1. The molecule has 1 aliphatic heterocycles. The van der Waals surface area contributed by atoms with Crippen molar-refractivity contribution in [1.82, 2.24) is 9.88 Å². The van der Waals surface area contributed by atoms with Gasteiger partial charge in [-0.25, -0.2) is 4.99 Å². The van der Waals surface area contributed by atoms with Crippen LogP contribution in [0.2, 0.25) is 10.0 Å². The fraction of sp³-hybridized carbons (Fsp3) is 0.294. The lowest BCUT2D eigenvalue weighted by atomic mass is 10.2. The van der Waals surface area contributed by atoms with E-state index >= 15 is 0 Å². The molecule has 25 heavy (non-hydrogen) atoms. The normalized spacial score (nSPS) is 15.0. The molecule has 0 spiro atoms. The minimum absolute atomic E-state index is 0. The molecule has 0 aliphatic carbocycles. The summed E-state index contributed by atoms with van der Waals surface area (Å²) >= 11 is 11.8. The average Bonchev–Trinajstić information content (AvgIpc) is 2.62. The number of anilines is 1. The molecule has 0 unspecified atom stereocenters. The molecule has 1 aromatic heterocycles. The van der Waals surface area contributed by atoms with E-state index in [1.54, 1.807) is 12.3 Å². The molecule has 0 bridgehead atoms. The Labute approximate surface area is 174 Å². The molecule has 3 rings (SSSR count). The van der Waals surface area contributed by atoms with Crippen LogP contribution in [0, 0.1) is 0 Å². The number of nitrogens with two attached hydrogens (primary N) is 1. The molecule has 0 atom stereocenters. The zero-order chi connectivity index (χ0) is 16.9. The highest BCUT2D eigenvalue weighted by atomic mass is 127. The van der Waals surface area contributed by atoms with E-state index in [1.165, 1.54) is 5.69 Å². The Balaban J connectivity index is 0.00000225. The monoisotopic (exact) mass is 491 g/mol. The Bertz CT molecular complexity index is 698. The van der Waals surface area contributed by atoms with E-state index in [0.717, 1.165) is 36.9 Å². The smallest absolute Gasteiger partial charge is 0.191 e. The van der Waals surface area contributed by atoms with Crippen molar-refractivity contribution >= 4 is 58.8 Å².